The molecule has 2 rings (SSSR count). The normalized spacial score (nSPS) is 10.7. The maximum Gasteiger partial charge on any atom is 0.152 e. The Bertz CT molecular complexity index is 496. The van der Waals surface area contributed by atoms with E-state index >= 15 is 0 Å². The first-order valence-corrected chi connectivity index (χ1v) is 5.02. The van der Waals surface area contributed by atoms with E-state index in [0.29, 0.717) is 18.2 Å². The number of aryl methyl sites for hydroxylation is 3. The monoisotopic (exact) mass is 218 g/mol. The lowest BCUT2D eigenvalue weighted by Gasteiger charge is -2.04. The van der Waals surface area contributed by atoms with Crippen molar-refractivity contribution in [2.24, 2.45) is 0 Å². The van der Waals surface area contributed by atoms with Gasteiger partial charge in [-0.05, 0) is 20.8 Å². The van der Waals surface area contributed by atoms with E-state index in [1.165, 1.54) is 0 Å². The molecule has 0 saturated heterocycles. The fraction of sp³-hybridized carbons (Fsp3) is 0.400. The van der Waals surface area contributed by atoms with Crippen LogP contribution in [-0.4, -0.2) is 24.7 Å². The van der Waals surface area contributed by atoms with E-state index < -0.39 is 0 Å². The molecular weight excluding hydrogens is 204 g/mol. The number of nitrogens with zero attached hydrogens (tertiary/aromatic N) is 5. The van der Waals surface area contributed by atoms with Crippen molar-refractivity contribution in [1.82, 2.24) is 24.7 Å². The van der Waals surface area contributed by atoms with Gasteiger partial charge in [0, 0.05) is 11.8 Å². The third-order valence-corrected chi connectivity index (χ3v) is 2.17. The van der Waals surface area contributed by atoms with Gasteiger partial charge in [0.2, 0.25) is 0 Å². The fourth-order valence-electron chi connectivity index (χ4n) is 1.57. The van der Waals surface area contributed by atoms with Gasteiger partial charge >= 0.3 is 0 Å². The fourth-order valence-corrected chi connectivity index (χ4v) is 1.57. The maximum absolute atomic E-state index is 5.66. The summed E-state index contributed by atoms with van der Waals surface area (Å²) >= 11 is 0. The number of aromatic nitrogens is 5. The highest BCUT2D eigenvalue weighted by Crippen LogP contribution is 2.04. The van der Waals surface area contributed by atoms with E-state index in [9.17, 15) is 0 Å². The van der Waals surface area contributed by atoms with Crippen molar-refractivity contribution in [3.05, 3.63) is 29.2 Å². The lowest BCUT2D eigenvalue weighted by atomic mass is 10.4. The lowest BCUT2D eigenvalue weighted by Crippen LogP contribution is -2.09. The molecule has 2 heterocycles. The van der Waals surface area contributed by atoms with E-state index in [2.05, 4.69) is 20.1 Å². The van der Waals surface area contributed by atoms with Crippen molar-refractivity contribution in [3.8, 4) is 0 Å². The van der Waals surface area contributed by atoms with Gasteiger partial charge in [-0.3, -0.25) is 0 Å². The molecule has 6 nitrogen and oxygen atoms in total. The predicted molar refractivity (Wildman–Crippen MR) is 59.8 cm³/mol. The molecule has 0 amide bonds. The van der Waals surface area contributed by atoms with E-state index in [4.69, 9.17) is 5.73 Å². The molecule has 0 saturated carbocycles. The molecule has 0 fully saturated rings. The first kappa shape index (κ1) is 10.5. The molecule has 0 aliphatic rings. The highest BCUT2D eigenvalue weighted by Gasteiger charge is 2.06. The molecule has 2 aromatic rings. The van der Waals surface area contributed by atoms with Crippen LogP contribution in [0.1, 0.15) is 23.2 Å². The van der Waals surface area contributed by atoms with Crippen molar-refractivity contribution < 1.29 is 0 Å². The van der Waals surface area contributed by atoms with Crippen LogP contribution in [0.5, 0.6) is 0 Å². The Hall–Kier alpha value is -1.98. The summed E-state index contributed by atoms with van der Waals surface area (Å²) in [7, 11) is 0. The van der Waals surface area contributed by atoms with E-state index in [1.54, 1.807) is 10.7 Å². The largest absolute Gasteiger partial charge is 0.384 e. The number of rotatable bonds is 2. The second kappa shape index (κ2) is 3.88. The van der Waals surface area contributed by atoms with Crippen LogP contribution in [0.15, 0.2) is 6.07 Å². The van der Waals surface area contributed by atoms with Crippen molar-refractivity contribution in [3.63, 3.8) is 0 Å². The first-order valence-electron chi connectivity index (χ1n) is 5.02. The van der Waals surface area contributed by atoms with Gasteiger partial charge in [-0.1, -0.05) is 0 Å². The highest BCUT2D eigenvalue weighted by molar-refractivity contribution is 5.29. The Morgan fingerprint density at radius 3 is 2.50 bits per heavy atom. The quantitative estimate of drug-likeness (QED) is 0.799. The summed E-state index contributed by atoms with van der Waals surface area (Å²) < 4.78 is 1.77. The van der Waals surface area contributed by atoms with Crippen molar-refractivity contribution in [2.75, 3.05) is 5.73 Å². The molecule has 0 radical (unpaired) electrons. The molecule has 0 spiro atoms. The standard InChI is InChI=1S/C10H14N6/c1-6-4-9(11)14-10(12-6)5-16-8(3)13-7(2)15-16/h4H,5H2,1-3H3,(H2,11,12,14). The van der Waals surface area contributed by atoms with Crippen molar-refractivity contribution in [1.29, 1.82) is 0 Å². The zero-order valence-corrected chi connectivity index (χ0v) is 9.60. The summed E-state index contributed by atoms with van der Waals surface area (Å²) in [5.41, 5.74) is 6.52. The Morgan fingerprint density at radius 1 is 1.19 bits per heavy atom. The predicted octanol–water partition coefficient (Wildman–Crippen LogP) is 0.624. The molecular formula is C10H14N6. The summed E-state index contributed by atoms with van der Waals surface area (Å²) in [5, 5.41) is 4.25. The molecule has 0 aliphatic carbocycles. The topological polar surface area (TPSA) is 82.5 Å². The van der Waals surface area contributed by atoms with Crippen LogP contribution in [0, 0.1) is 20.8 Å². The molecule has 0 atom stereocenters. The molecule has 0 unspecified atom stereocenters. The molecule has 6 heteroatoms. The third-order valence-electron chi connectivity index (χ3n) is 2.17. The second-order valence-corrected chi connectivity index (χ2v) is 3.71. The number of hydrogen-bond donors (Lipinski definition) is 1. The minimum Gasteiger partial charge on any atom is -0.384 e. The second-order valence-electron chi connectivity index (χ2n) is 3.71. The Morgan fingerprint density at radius 2 is 1.94 bits per heavy atom. The maximum atomic E-state index is 5.66. The number of nitrogens with two attached hydrogens (primary N) is 1. The Labute approximate surface area is 93.6 Å². The van der Waals surface area contributed by atoms with Crippen molar-refractivity contribution >= 4 is 5.82 Å². The van der Waals surface area contributed by atoms with Gasteiger partial charge in [-0.2, -0.15) is 5.10 Å². The van der Waals surface area contributed by atoms with Gasteiger partial charge in [-0.25, -0.2) is 19.6 Å². The summed E-state index contributed by atoms with van der Waals surface area (Å²) in [6.45, 7) is 6.15. The minimum absolute atomic E-state index is 0.483. The average molecular weight is 218 g/mol. The molecule has 16 heavy (non-hydrogen) atoms. The van der Waals surface area contributed by atoms with Gasteiger partial charge < -0.3 is 5.73 Å². The summed E-state index contributed by atoms with van der Waals surface area (Å²) in [6.07, 6.45) is 0. The van der Waals surface area contributed by atoms with Gasteiger partial charge in [0.25, 0.3) is 0 Å². The molecule has 0 aliphatic heterocycles. The van der Waals surface area contributed by atoms with Crippen LogP contribution in [0.4, 0.5) is 5.82 Å². The van der Waals surface area contributed by atoms with Crippen LogP contribution in [0.2, 0.25) is 0 Å². The summed E-state index contributed by atoms with van der Waals surface area (Å²) in [4.78, 5) is 12.7. The summed E-state index contributed by atoms with van der Waals surface area (Å²) in [5.74, 6) is 2.74. The van der Waals surface area contributed by atoms with E-state index in [1.807, 2.05) is 20.8 Å². The van der Waals surface area contributed by atoms with Crippen LogP contribution in [0.25, 0.3) is 0 Å². The highest BCUT2D eigenvalue weighted by atomic mass is 15.3. The van der Waals surface area contributed by atoms with Crippen LogP contribution >= 0.6 is 0 Å². The van der Waals surface area contributed by atoms with Gasteiger partial charge in [0.05, 0.1) is 0 Å². The van der Waals surface area contributed by atoms with E-state index in [0.717, 1.165) is 17.3 Å². The number of hydrogen-bond acceptors (Lipinski definition) is 5. The molecule has 0 aromatic carbocycles. The zero-order chi connectivity index (χ0) is 11.7. The van der Waals surface area contributed by atoms with E-state index in [-0.39, 0.29) is 0 Å². The molecule has 2 aromatic heterocycles. The van der Waals surface area contributed by atoms with Crippen LogP contribution in [-0.2, 0) is 6.54 Å². The van der Waals surface area contributed by atoms with Crippen LogP contribution in [0.3, 0.4) is 0 Å². The van der Waals surface area contributed by atoms with Gasteiger partial charge in [-0.15, -0.1) is 0 Å². The smallest absolute Gasteiger partial charge is 0.152 e. The third kappa shape index (κ3) is 2.16. The Balaban J connectivity index is 2.30. The average Bonchev–Trinajstić information content (AvgIpc) is 2.43. The first-order chi connectivity index (χ1) is 7.54. The number of anilines is 1. The minimum atomic E-state index is 0.483. The molecule has 2 N–H and O–H groups in total. The van der Waals surface area contributed by atoms with Crippen LogP contribution < -0.4 is 5.73 Å². The zero-order valence-electron chi connectivity index (χ0n) is 9.60. The Kier molecular flexibility index (Phi) is 2.55. The summed E-state index contributed by atoms with van der Waals surface area (Å²) in [6, 6.07) is 1.74. The van der Waals surface area contributed by atoms with Gasteiger partial charge in [0.1, 0.15) is 24.0 Å². The van der Waals surface area contributed by atoms with Gasteiger partial charge in [0.15, 0.2) is 5.82 Å². The molecule has 84 valence electrons. The van der Waals surface area contributed by atoms with Crippen molar-refractivity contribution in [2.45, 2.75) is 27.3 Å². The lowest BCUT2D eigenvalue weighted by molar-refractivity contribution is 0.628. The SMILES string of the molecule is Cc1cc(N)nc(Cn2nc(C)nc2C)n1. The molecule has 0 bridgehead atoms. The number of nitrogen functional groups attached to an aromatic ring is 1.